The summed E-state index contributed by atoms with van der Waals surface area (Å²) in [6.07, 6.45) is 8.72. The van der Waals surface area contributed by atoms with Gasteiger partial charge in [-0.25, -0.2) is 0 Å². The van der Waals surface area contributed by atoms with Crippen LogP contribution in [0.5, 0.6) is 5.75 Å². The van der Waals surface area contributed by atoms with E-state index < -0.39 is 0 Å². The van der Waals surface area contributed by atoms with Crippen LogP contribution < -0.4 is 4.74 Å². The van der Waals surface area contributed by atoms with Gasteiger partial charge in [0.15, 0.2) is 0 Å². The van der Waals surface area contributed by atoms with E-state index in [0.717, 1.165) is 12.3 Å². The minimum atomic E-state index is 0.699. The second kappa shape index (κ2) is 5.05. The summed E-state index contributed by atoms with van der Waals surface area (Å²) >= 11 is 0. The standard InChI is InChI=1S/C16H21NO/c1-13-12-18-16-10-6-5-7-14(16)11-17(13)15-8-3-2-4-9-15/h5-7,10,12,15H,2-4,8-9,11H2,1H3. The van der Waals surface area contributed by atoms with Gasteiger partial charge in [-0.05, 0) is 25.8 Å². The van der Waals surface area contributed by atoms with E-state index in [-0.39, 0.29) is 0 Å². The Hall–Kier alpha value is -1.44. The lowest BCUT2D eigenvalue weighted by Crippen LogP contribution is -2.34. The Kier molecular flexibility index (Phi) is 3.26. The Bertz CT molecular complexity index is 446. The summed E-state index contributed by atoms with van der Waals surface area (Å²) in [6, 6.07) is 9.08. The van der Waals surface area contributed by atoms with Crippen LogP contribution in [0.3, 0.4) is 0 Å². The van der Waals surface area contributed by atoms with Crippen molar-refractivity contribution >= 4 is 0 Å². The van der Waals surface area contributed by atoms with Crippen LogP contribution in [0.2, 0.25) is 0 Å². The predicted octanol–water partition coefficient (Wildman–Crippen LogP) is 4.08. The highest BCUT2D eigenvalue weighted by Gasteiger charge is 2.24. The largest absolute Gasteiger partial charge is 0.463 e. The molecule has 0 aromatic heterocycles. The number of rotatable bonds is 1. The normalized spacial score (nSPS) is 20.7. The van der Waals surface area contributed by atoms with Crippen molar-refractivity contribution in [1.29, 1.82) is 0 Å². The Morgan fingerprint density at radius 1 is 1.11 bits per heavy atom. The first-order valence-electron chi connectivity index (χ1n) is 7.02. The number of hydrogen-bond acceptors (Lipinski definition) is 2. The minimum absolute atomic E-state index is 0.699. The molecular formula is C16H21NO. The van der Waals surface area contributed by atoms with Gasteiger partial charge in [0, 0.05) is 23.8 Å². The quantitative estimate of drug-likeness (QED) is 0.737. The van der Waals surface area contributed by atoms with Gasteiger partial charge in [-0.15, -0.1) is 0 Å². The summed E-state index contributed by atoms with van der Waals surface area (Å²) in [5.74, 6) is 1.01. The number of para-hydroxylation sites is 1. The van der Waals surface area contributed by atoms with E-state index in [1.807, 2.05) is 12.3 Å². The van der Waals surface area contributed by atoms with Gasteiger partial charge >= 0.3 is 0 Å². The molecule has 1 fully saturated rings. The topological polar surface area (TPSA) is 12.5 Å². The fourth-order valence-electron chi connectivity index (χ4n) is 3.08. The zero-order valence-electron chi connectivity index (χ0n) is 11.1. The van der Waals surface area contributed by atoms with E-state index in [1.165, 1.54) is 43.4 Å². The fourth-order valence-corrected chi connectivity index (χ4v) is 3.08. The Labute approximate surface area is 109 Å². The maximum absolute atomic E-state index is 5.78. The first kappa shape index (κ1) is 11.6. The second-order valence-corrected chi connectivity index (χ2v) is 5.40. The lowest BCUT2D eigenvalue weighted by Gasteiger charge is -2.35. The van der Waals surface area contributed by atoms with Gasteiger partial charge in [0.05, 0.1) is 0 Å². The van der Waals surface area contributed by atoms with Gasteiger partial charge in [0.2, 0.25) is 0 Å². The molecule has 0 amide bonds. The molecule has 0 unspecified atom stereocenters. The summed E-state index contributed by atoms with van der Waals surface area (Å²) in [7, 11) is 0. The molecule has 0 N–H and O–H groups in total. The van der Waals surface area contributed by atoms with E-state index in [2.05, 4.69) is 30.0 Å². The lowest BCUT2D eigenvalue weighted by molar-refractivity contribution is 0.193. The highest BCUT2D eigenvalue weighted by Crippen LogP contribution is 2.31. The van der Waals surface area contributed by atoms with E-state index in [9.17, 15) is 0 Å². The van der Waals surface area contributed by atoms with Crippen LogP contribution in [0.1, 0.15) is 44.6 Å². The summed E-state index contributed by atoms with van der Waals surface area (Å²) in [5.41, 5.74) is 2.56. The van der Waals surface area contributed by atoms with Crippen molar-refractivity contribution in [2.45, 2.75) is 51.6 Å². The fraction of sp³-hybridized carbons (Fsp3) is 0.500. The third-order valence-electron chi connectivity index (χ3n) is 4.14. The monoisotopic (exact) mass is 243 g/mol. The number of benzene rings is 1. The molecule has 0 bridgehead atoms. The van der Waals surface area contributed by atoms with E-state index in [0.29, 0.717) is 6.04 Å². The molecule has 96 valence electrons. The molecule has 1 aliphatic heterocycles. The summed E-state index contributed by atoms with van der Waals surface area (Å²) in [6.45, 7) is 3.16. The molecule has 0 radical (unpaired) electrons. The zero-order chi connectivity index (χ0) is 12.4. The van der Waals surface area contributed by atoms with Gasteiger partial charge in [-0.2, -0.15) is 0 Å². The lowest BCUT2D eigenvalue weighted by atomic mass is 9.93. The summed E-state index contributed by atoms with van der Waals surface area (Å²) in [4.78, 5) is 2.53. The molecular weight excluding hydrogens is 222 g/mol. The van der Waals surface area contributed by atoms with Crippen LogP contribution in [-0.2, 0) is 6.54 Å². The van der Waals surface area contributed by atoms with Crippen molar-refractivity contribution in [2.24, 2.45) is 0 Å². The Balaban J connectivity index is 1.85. The van der Waals surface area contributed by atoms with E-state index >= 15 is 0 Å². The van der Waals surface area contributed by atoms with Gasteiger partial charge in [-0.1, -0.05) is 37.5 Å². The van der Waals surface area contributed by atoms with Crippen molar-refractivity contribution in [2.75, 3.05) is 0 Å². The predicted molar refractivity (Wildman–Crippen MR) is 73.2 cm³/mol. The van der Waals surface area contributed by atoms with Crippen molar-refractivity contribution < 1.29 is 4.74 Å². The van der Waals surface area contributed by atoms with Crippen LogP contribution >= 0.6 is 0 Å². The molecule has 2 nitrogen and oxygen atoms in total. The van der Waals surface area contributed by atoms with Crippen LogP contribution in [0.25, 0.3) is 0 Å². The van der Waals surface area contributed by atoms with Crippen LogP contribution in [0.4, 0.5) is 0 Å². The van der Waals surface area contributed by atoms with E-state index in [1.54, 1.807) is 0 Å². The molecule has 1 aromatic rings. The van der Waals surface area contributed by atoms with Gasteiger partial charge in [0.1, 0.15) is 12.0 Å². The Morgan fingerprint density at radius 2 is 1.89 bits per heavy atom. The smallest absolute Gasteiger partial charge is 0.131 e. The molecule has 1 saturated carbocycles. The van der Waals surface area contributed by atoms with Crippen LogP contribution in [0, 0.1) is 0 Å². The molecule has 0 atom stereocenters. The Morgan fingerprint density at radius 3 is 2.72 bits per heavy atom. The van der Waals surface area contributed by atoms with Crippen LogP contribution in [-0.4, -0.2) is 10.9 Å². The third-order valence-corrected chi connectivity index (χ3v) is 4.14. The van der Waals surface area contributed by atoms with E-state index in [4.69, 9.17) is 4.74 Å². The molecule has 18 heavy (non-hydrogen) atoms. The van der Waals surface area contributed by atoms with Crippen LogP contribution in [0.15, 0.2) is 36.2 Å². The van der Waals surface area contributed by atoms with Gasteiger partial charge in [-0.3, -0.25) is 0 Å². The number of hydrogen-bond donors (Lipinski definition) is 0. The third kappa shape index (κ3) is 2.24. The molecule has 3 rings (SSSR count). The zero-order valence-corrected chi connectivity index (χ0v) is 11.1. The second-order valence-electron chi connectivity index (χ2n) is 5.40. The van der Waals surface area contributed by atoms with Crippen molar-refractivity contribution in [3.05, 3.63) is 41.8 Å². The maximum Gasteiger partial charge on any atom is 0.131 e. The molecule has 1 aromatic carbocycles. The number of allylic oxidation sites excluding steroid dienone is 1. The van der Waals surface area contributed by atoms with Crippen molar-refractivity contribution in [3.63, 3.8) is 0 Å². The number of nitrogens with zero attached hydrogens (tertiary/aromatic N) is 1. The molecule has 2 aliphatic rings. The highest BCUT2D eigenvalue weighted by atomic mass is 16.5. The highest BCUT2D eigenvalue weighted by molar-refractivity contribution is 5.35. The minimum Gasteiger partial charge on any atom is -0.463 e. The maximum atomic E-state index is 5.78. The van der Waals surface area contributed by atoms with Crippen molar-refractivity contribution in [1.82, 2.24) is 4.90 Å². The first-order chi connectivity index (χ1) is 8.84. The van der Waals surface area contributed by atoms with Crippen molar-refractivity contribution in [3.8, 4) is 5.75 Å². The first-order valence-corrected chi connectivity index (χ1v) is 7.02. The summed E-state index contributed by atoms with van der Waals surface area (Å²) in [5, 5.41) is 0. The molecule has 2 heteroatoms. The molecule has 0 spiro atoms. The van der Waals surface area contributed by atoms with Gasteiger partial charge < -0.3 is 9.64 Å². The number of ether oxygens (including phenoxy) is 1. The molecule has 1 aliphatic carbocycles. The molecule has 1 heterocycles. The SMILES string of the molecule is CC1=COc2ccccc2CN1C1CCCCC1. The number of fused-ring (bicyclic) bond motifs is 1. The average Bonchev–Trinajstić information content (AvgIpc) is 2.60. The molecule has 0 saturated heterocycles. The average molecular weight is 243 g/mol. The van der Waals surface area contributed by atoms with Gasteiger partial charge in [0.25, 0.3) is 0 Å². The summed E-state index contributed by atoms with van der Waals surface area (Å²) < 4.78 is 5.78.